The van der Waals surface area contributed by atoms with Crippen molar-refractivity contribution in [3.63, 3.8) is 0 Å². The third-order valence-corrected chi connectivity index (χ3v) is 3.13. The van der Waals surface area contributed by atoms with E-state index in [2.05, 4.69) is 25.0 Å². The molecule has 20 heavy (non-hydrogen) atoms. The van der Waals surface area contributed by atoms with Crippen LogP contribution in [0.3, 0.4) is 0 Å². The molecule has 0 aliphatic carbocycles. The summed E-state index contributed by atoms with van der Waals surface area (Å²) in [7, 11) is 0. The second-order valence-electron chi connectivity index (χ2n) is 5.25. The van der Waals surface area contributed by atoms with E-state index in [1.807, 2.05) is 38.1 Å². The molecule has 1 heterocycles. The van der Waals surface area contributed by atoms with E-state index >= 15 is 0 Å². The molecule has 0 saturated carbocycles. The summed E-state index contributed by atoms with van der Waals surface area (Å²) < 4.78 is 6.96. The van der Waals surface area contributed by atoms with Crippen LogP contribution in [0.2, 0.25) is 0 Å². The number of carbonyl (C=O) groups excluding carboxylic acids is 1. The van der Waals surface area contributed by atoms with Crippen LogP contribution in [-0.2, 0) is 0 Å². The average molecular weight is 272 g/mol. The zero-order chi connectivity index (χ0) is 14.7. The van der Waals surface area contributed by atoms with Crippen molar-refractivity contribution >= 4 is 5.91 Å². The minimum absolute atomic E-state index is 0.0104. The van der Waals surface area contributed by atoms with Crippen molar-refractivity contribution in [1.29, 1.82) is 0 Å². The van der Waals surface area contributed by atoms with Crippen LogP contribution in [0.5, 0.6) is 5.75 Å². The van der Waals surface area contributed by atoms with Gasteiger partial charge in [0, 0.05) is 5.69 Å². The molecule has 0 aliphatic rings. The van der Waals surface area contributed by atoms with Gasteiger partial charge >= 0.3 is 0 Å². The van der Waals surface area contributed by atoms with Crippen LogP contribution in [0.1, 0.15) is 41.5 Å². The maximum Gasteiger partial charge on any atom is 0.284 e. The highest BCUT2D eigenvalue weighted by Crippen LogP contribution is 2.20. The lowest BCUT2D eigenvalue weighted by atomic mass is 10.0. The largest absolute Gasteiger partial charge is 0.484 e. The first kappa shape index (κ1) is 14.3. The van der Waals surface area contributed by atoms with Gasteiger partial charge < -0.3 is 4.74 Å². The molecule has 0 amide bonds. The molecule has 4 heteroatoms. The van der Waals surface area contributed by atoms with E-state index in [1.54, 1.807) is 0 Å². The van der Waals surface area contributed by atoms with Crippen molar-refractivity contribution in [2.45, 2.75) is 33.6 Å². The number of benzene rings is 1. The summed E-state index contributed by atoms with van der Waals surface area (Å²) in [4.78, 5) is 12.0. The van der Waals surface area contributed by atoms with Gasteiger partial charge in [0.05, 0.1) is 5.69 Å². The van der Waals surface area contributed by atoms with Crippen LogP contribution in [0.25, 0.3) is 0 Å². The molecule has 106 valence electrons. The maximum atomic E-state index is 12.0. The van der Waals surface area contributed by atoms with Crippen LogP contribution < -0.4 is 4.74 Å². The molecule has 4 nitrogen and oxygen atoms in total. The molecule has 0 radical (unpaired) electrons. The Balaban J connectivity index is 2.03. The Morgan fingerprint density at radius 1 is 1.30 bits per heavy atom. The van der Waals surface area contributed by atoms with Crippen LogP contribution in [-0.4, -0.2) is 22.3 Å². The Labute approximate surface area is 119 Å². The lowest BCUT2D eigenvalue weighted by Crippen LogP contribution is -2.21. The van der Waals surface area contributed by atoms with E-state index in [0.29, 0.717) is 11.7 Å². The summed E-state index contributed by atoms with van der Waals surface area (Å²) >= 11 is 0. The van der Waals surface area contributed by atoms with Crippen molar-refractivity contribution in [2.24, 2.45) is 0 Å². The number of ether oxygens (including phenoxy) is 1. The number of nitrogens with zero attached hydrogens (tertiary/aromatic N) is 2. The third-order valence-electron chi connectivity index (χ3n) is 3.13. The van der Waals surface area contributed by atoms with Gasteiger partial charge in [0.2, 0.25) is 0 Å². The molecule has 1 aromatic heterocycles. The maximum absolute atomic E-state index is 12.0. The Bertz CT molecular complexity index is 615. The molecule has 0 unspecified atom stereocenters. The lowest BCUT2D eigenvalue weighted by Gasteiger charge is -2.10. The van der Waals surface area contributed by atoms with Gasteiger partial charge in [0.25, 0.3) is 5.91 Å². The molecular weight excluding hydrogens is 252 g/mol. The van der Waals surface area contributed by atoms with E-state index in [-0.39, 0.29) is 12.5 Å². The minimum Gasteiger partial charge on any atom is -0.484 e. The van der Waals surface area contributed by atoms with E-state index in [9.17, 15) is 4.79 Å². The summed E-state index contributed by atoms with van der Waals surface area (Å²) in [6, 6.07) is 9.70. The highest BCUT2D eigenvalue weighted by molar-refractivity contribution is 5.80. The Morgan fingerprint density at radius 3 is 2.65 bits per heavy atom. The SMILES string of the molecule is Cc1cc(C)n(C(=O)COc2cccc(C(C)C)c2)n1. The van der Waals surface area contributed by atoms with Crippen molar-refractivity contribution in [3.05, 3.63) is 47.3 Å². The molecule has 0 fully saturated rings. The summed E-state index contributed by atoms with van der Waals surface area (Å²) in [5.74, 6) is 0.988. The van der Waals surface area contributed by atoms with Crippen LogP contribution in [0, 0.1) is 13.8 Å². The van der Waals surface area contributed by atoms with Gasteiger partial charge in [-0.05, 0) is 43.5 Å². The first-order chi connectivity index (χ1) is 9.47. The summed E-state index contributed by atoms with van der Waals surface area (Å²) in [6.07, 6.45) is 0. The van der Waals surface area contributed by atoms with Gasteiger partial charge in [0.1, 0.15) is 5.75 Å². The highest BCUT2D eigenvalue weighted by Gasteiger charge is 2.11. The second-order valence-corrected chi connectivity index (χ2v) is 5.25. The zero-order valence-electron chi connectivity index (χ0n) is 12.4. The summed E-state index contributed by atoms with van der Waals surface area (Å²) in [6.45, 7) is 7.96. The van der Waals surface area contributed by atoms with E-state index < -0.39 is 0 Å². The van der Waals surface area contributed by atoms with Crippen molar-refractivity contribution in [2.75, 3.05) is 6.61 Å². The zero-order valence-corrected chi connectivity index (χ0v) is 12.4. The summed E-state index contributed by atoms with van der Waals surface area (Å²) in [5.41, 5.74) is 2.85. The Morgan fingerprint density at radius 2 is 2.05 bits per heavy atom. The number of aromatic nitrogens is 2. The molecule has 0 atom stereocenters. The van der Waals surface area contributed by atoms with E-state index in [0.717, 1.165) is 11.4 Å². The Kier molecular flexibility index (Phi) is 4.23. The molecule has 0 aliphatic heterocycles. The first-order valence-electron chi connectivity index (χ1n) is 6.76. The van der Waals surface area contributed by atoms with Gasteiger partial charge in [-0.25, -0.2) is 4.68 Å². The average Bonchev–Trinajstić information content (AvgIpc) is 2.75. The first-order valence-corrected chi connectivity index (χ1v) is 6.76. The molecular formula is C16H20N2O2. The Hall–Kier alpha value is -2.10. The van der Waals surface area contributed by atoms with Crippen molar-refractivity contribution in [1.82, 2.24) is 9.78 Å². The fourth-order valence-corrected chi connectivity index (χ4v) is 2.05. The van der Waals surface area contributed by atoms with Gasteiger partial charge in [0.15, 0.2) is 6.61 Å². The van der Waals surface area contributed by atoms with Gasteiger partial charge in [-0.3, -0.25) is 4.79 Å². The molecule has 2 aromatic rings. The van der Waals surface area contributed by atoms with E-state index in [1.165, 1.54) is 10.2 Å². The van der Waals surface area contributed by atoms with Gasteiger partial charge in [-0.2, -0.15) is 5.10 Å². The predicted octanol–water partition coefficient (Wildman–Crippen LogP) is 3.34. The minimum atomic E-state index is -0.162. The summed E-state index contributed by atoms with van der Waals surface area (Å²) in [5, 5.41) is 4.16. The van der Waals surface area contributed by atoms with Crippen LogP contribution in [0.4, 0.5) is 0 Å². The standard InChI is InChI=1S/C16H20N2O2/c1-11(2)14-6-5-7-15(9-14)20-10-16(19)18-13(4)8-12(3)17-18/h5-9,11H,10H2,1-4H3. The fourth-order valence-electron chi connectivity index (χ4n) is 2.05. The molecule has 0 N–H and O–H groups in total. The number of carbonyl (C=O) groups is 1. The molecule has 2 rings (SSSR count). The molecule has 0 spiro atoms. The molecule has 0 bridgehead atoms. The highest BCUT2D eigenvalue weighted by atomic mass is 16.5. The number of hydrogen-bond donors (Lipinski definition) is 0. The number of hydrogen-bond acceptors (Lipinski definition) is 3. The monoisotopic (exact) mass is 272 g/mol. The lowest BCUT2D eigenvalue weighted by molar-refractivity contribution is 0.0818. The normalized spacial score (nSPS) is 10.8. The topological polar surface area (TPSA) is 44.1 Å². The number of aryl methyl sites for hydroxylation is 2. The van der Waals surface area contributed by atoms with Crippen LogP contribution in [0.15, 0.2) is 30.3 Å². The fraction of sp³-hybridized carbons (Fsp3) is 0.375. The second kappa shape index (κ2) is 5.90. The third kappa shape index (κ3) is 3.26. The smallest absolute Gasteiger partial charge is 0.284 e. The number of rotatable bonds is 4. The van der Waals surface area contributed by atoms with Crippen molar-refractivity contribution < 1.29 is 9.53 Å². The van der Waals surface area contributed by atoms with Crippen molar-refractivity contribution in [3.8, 4) is 5.75 Å². The quantitative estimate of drug-likeness (QED) is 0.857. The van der Waals surface area contributed by atoms with Crippen LogP contribution >= 0.6 is 0 Å². The van der Waals surface area contributed by atoms with Gasteiger partial charge in [-0.15, -0.1) is 0 Å². The molecule has 1 aromatic carbocycles. The predicted molar refractivity (Wildman–Crippen MR) is 78.4 cm³/mol. The van der Waals surface area contributed by atoms with E-state index in [4.69, 9.17) is 4.74 Å². The molecule has 0 saturated heterocycles. The van der Waals surface area contributed by atoms with Gasteiger partial charge in [-0.1, -0.05) is 26.0 Å².